The van der Waals surface area contributed by atoms with Crippen LogP contribution in [0, 0.1) is 0 Å². The lowest BCUT2D eigenvalue weighted by Crippen LogP contribution is -2.63. The van der Waals surface area contributed by atoms with E-state index >= 15 is 0 Å². The largest absolute Gasteiger partial charge is 0.390 e. The van der Waals surface area contributed by atoms with Crippen molar-refractivity contribution in [2.45, 2.75) is 37.7 Å². The molecule has 0 aliphatic rings. The standard InChI is InChI=1S/C8H17NO3.ClH/c1-4-5-8(9,12)7(3,11)6(2)10;/h4,6,10-12H,1,5,9H2,2-3H3;1H. The van der Waals surface area contributed by atoms with Gasteiger partial charge in [0.05, 0.1) is 6.10 Å². The summed E-state index contributed by atoms with van der Waals surface area (Å²) in [5.41, 5.74) is 1.80. The monoisotopic (exact) mass is 211 g/mol. The highest BCUT2D eigenvalue weighted by Gasteiger charge is 2.45. The molecule has 0 spiro atoms. The SMILES string of the molecule is C=CCC(N)(O)C(C)(O)C(C)O.Cl. The summed E-state index contributed by atoms with van der Waals surface area (Å²) >= 11 is 0. The van der Waals surface area contributed by atoms with Gasteiger partial charge in [0.2, 0.25) is 0 Å². The molecule has 0 aromatic carbocycles. The van der Waals surface area contributed by atoms with Gasteiger partial charge in [0.1, 0.15) is 11.3 Å². The van der Waals surface area contributed by atoms with Gasteiger partial charge in [-0.05, 0) is 13.8 Å². The summed E-state index contributed by atoms with van der Waals surface area (Å²) in [5, 5.41) is 28.2. The summed E-state index contributed by atoms with van der Waals surface area (Å²) < 4.78 is 0. The first-order valence-electron chi connectivity index (χ1n) is 3.78. The minimum Gasteiger partial charge on any atom is -0.390 e. The van der Waals surface area contributed by atoms with E-state index in [9.17, 15) is 10.2 Å². The van der Waals surface area contributed by atoms with Gasteiger partial charge in [-0.1, -0.05) is 6.08 Å². The van der Waals surface area contributed by atoms with Crippen molar-refractivity contribution >= 4 is 12.4 Å². The van der Waals surface area contributed by atoms with Gasteiger partial charge >= 0.3 is 0 Å². The Labute approximate surface area is 84.5 Å². The average molecular weight is 212 g/mol. The van der Waals surface area contributed by atoms with Crippen molar-refractivity contribution in [3.05, 3.63) is 12.7 Å². The Hall–Kier alpha value is -0.130. The molecule has 0 bridgehead atoms. The Bertz CT molecular complexity index is 169. The third-order valence-corrected chi connectivity index (χ3v) is 2.15. The Morgan fingerprint density at radius 3 is 2.15 bits per heavy atom. The fraction of sp³-hybridized carbons (Fsp3) is 0.750. The van der Waals surface area contributed by atoms with Crippen molar-refractivity contribution < 1.29 is 15.3 Å². The lowest BCUT2D eigenvalue weighted by molar-refractivity contribution is -0.184. The molecule has 0 fully saturated rings. The van der Waals surface area contributed by atoms with Gasteiger partial charge in [-0.2, -0.15) is 0 Å². The predicted molar refractivity (Wildman–Crippen MR) is 53.5 cm³/mol. The molecule has 0 aliphatic carbocycles. The molecule has 80 valence electrons. The number of nitrogens with two attached hydrogens (primary N) is 1. The summed E-state index contributed by atoms with van der Waals surface area (Å²) in [6.45, 7) is 6.03. The molecule has 13 heavy (non-hydrogen) atoms. The number of hydrogen-bond donors (Lipinski definition) is 4. The van der Waals surface area contributed by atoms with E-state index in [2.05, 4.69) is 6.58 Å². The maximum absolute atomic E-state index is 9.58. The van der Waals surface area contributed by atoms with E-state index in [1.54, 1.807) is 0 Å². The van der Waals surface area contributed by atoms with Gasteiger partial charge in [0.25, 0.3) is 0 Å². The van der Waals surface area contributed by atoms with Gasteiger partial charge in [-0.25, -0.2) is 0 Å². The number of halogens is 1. The van der Waals surface area contributed by atoms with Crippen LogP contribution in [-0.4, -0.2) is 32.7 Å². The Morgan fingerprint density at radius 2 is 1.92 bits per heavy atom. The molecule has 0 heterocycles. The van der Waals surface area contributed by atoms with E-state index in [1.165, 1.54) is 19.9 Å². The Morgan fingerprint density at radius 1 is 1.54 bits per heavy atom. The zero-order chi connectivity index (χ0) is 9.99. The highest BCUT2D eigenvalue weighted by atomic mass is 35.5. The average Bonchev–Trinajstić information content (AvgIpc) is 1.86. The molecule has 0 rings (SSSR count). The summed E-state index contributed by atoms with van der Waals surface area (Å²) in [7, 11) is 0. The maximum Gasteiger partial charge on any atom is 0.148 e. The van der Waals surface area contributed by atoms with Gasteiger partial charge in [-0.15, -0.1) is 19.0 Å². The molecule has 0 aromatic heterocycles. The van der Waals surface area contributed by atoms with Crippen LogP contribution in [0.2, 0.25) is 0 Å². The quantitative estimate of drug-likeness (QED) is 0.382. The van der Waals surface area contributed by atoms with Gasteiger partial charge in [0.15, 0.2) is 0 Å². The molecule has 0 radical (unpaired) electrons. The van der Waals surface area contributed by atoms with Crippen LogP contribution in [0.25, 0.3) is 0 Å². The lowest BCUT2D eigenvalue weighted by Gasteiger charge is -2.39. The van der Waals surface area contributed by atoms with Crippen LogP contribution >= 0.6 is 12.4 Å². The number of aliphatic hydroxyl groups excluding tert-OH is 1. The lowest BCUT2D eigenvalue weighted by atomic mass is 9.86. The molecule has 4 nitrogen and oxygen atoms in total. The predicted octanol–water partition coefficient (Wildman–Crippen LogP) is -0.237. The van der Waals surface area contributed by atoms with Crippen molar-refractivity contribution in [3.8, 4) is 0 Å². The van der Waals surface area contributed by atoms with E-state index in [1.807, 2.05) is 0 Å². The second kappa shape index (κ2) is 4.93. The Kier molecular flexibility index (Phi) is 5.82. The van der Waals surface area contributed by atoms with E-state index in [0.29, 0.717) is 0 Å². The second-order valence-corrected chi connectivity index (χ2v) is 3.24. The first-order valence-corrected chi connectivity index (χ1v) is 3.78. The van der Waals surface area contributed by atoms with E-state index in [0.717, 1.165) is 0 Å². The molecule has 0 aliphatic heterocycles. The van der Waals surface area contributed by atoms with Crippen LogP contribution in [0.3, 0.4) is 0 Å². The zero-order valence-electron chi connectivity index (χ0n) is 7.90. The van der Waals surface area contributed by atoms with E-state index in [-0.39, 0.29) is 18.8 Å². The summed E-state index contributed by atoms with van der Waals surface area (Å²) in [6, 6.07) is 0. The number of rotatable bonds is 4. The molecule has 5 heteroatoms. The molecule has 0 saturated heterocycles. The first kappa shape index (κ1) is 15.3. The molecular weight excluding hydrogens is 194 g/mol. The van der Waals surface area contributed by atoms with Crippen molar-refractivity contribution in [2.24, 2.45) is 5.73 Å². The van der Waals surface area contributed by atoms with E-state index < -0.39 is 17.4 Å². The smallest absolute Gasteiger partial charge is 0.148 e. The molecular formula is C8H18ClNO3. The third kappa shape index (κ3) is 3.25. The minimum absolute atomic E-state index is 0. The van der Waals surface area contributed by atoms with Gasteiger partial charge in [0, 0.05) is 6.42 Å². The highest BCUT2D eigenvalue weighted by molar-refractivity contribution is 5.85. The fourth-order valence-corrected chi connectivity index (χ4v) is 0.788. The van der Waals surface area contributed by atoms with Crippen LogP contribution in [0.1, 0.15) is 20.3 Å². The third-order valence-electron chi connectivity index (χ3n) is 2.15. The normalized spacial score (nSPS) is 22.0. The van der Waals surface area contributed by atoms with Crippen molar-refractivity contribution in [1.29, 1.82) is 0 Å². The molecule has 3 unspecified atom stereocenters. The van der Waals surface area contributed by atoms with Crippen LogP contribution in [0.15, 0.2) is 12.7 Å². The van der Waals surface area contributed by atoms with Crippen LogP contribution in [-0.2, 0) is 0 Å². The summed E-state index contributed by atoms with van der Waals surface area (Å²) in [6.07, 6.45) is 0.300. The fourth-order valence-electron chi connectivity index (χ4n) is 0.788. The number of hydrogen-bond acceptors (Lipinski definition) is 4. The molecule has 0 saturated carbocycles. The summed E-state index contributed by atoms with van der Waals surface area (Å²) in [5.74, 6) is 0. The van der Waals surface area contributed by atoms with Crippen molar-refractivity contribution in [3.63, 3.8) is 0 Å². The van der Waals surface area contributed by atoms with Gasteiger partial charge < -0.3 is 21.1 Å². The molecule has 3 atom stereocenters. The molecule has 0 aromatic rings. The topological polar surface area (TPSA) is 86.7 Å². The van der Waals surface area contributed by atoms with Crippen LogP contribution in [0.5, 0.6) is 0 Å². The summed E-state index contributed by atoms with van der Waals surface area (Å²) in [4.78, 5) is 0. The first-order chi connectivity index (χ1) is 5.25. The van der Waals surface area contributed by atoms with Crippen molar-refractivity contribution in [2.75, 3.05) is 0 Å². The van der Waals surface area contributed by atoms with Crippen LogP contribution < -0.4 is 5.73 Å². The van der Waals surface area contributed by atoms with Gasteiger partial charge in [-0.3, -0.25) is 0 Å². The van der Waals surface area contributed by atoms with Crippen molar-refractivity contribution in [1.82, 2.24) is 0 Å². The molecule has 0 amide bonds. The highest BCUT2D eigenvalue weighted by Crippen LogP contribution is 2.24. The molecule has 5 N–H and O–H groups in total. The Balaban J connectivity index is 0. The maximum atomic E-state index is 9.58. The minimum atomic E-state index is -1.84. The zero-order valence-corrected chi connectivity index (χ0v) is 8.71. The van der Waals surface area contributed by atoms with Crippen LogP contribution in [0.4, 0.5) is 0 Å². The van der Waals surface area contributed by atoms with E-state index in [4.69, 9.17) is 10.8 Å². The second-order valence-electron chi connectivity index (χ2n) is 3.24. The number of aliphatic hydroxyl groups is 3.